The Bertz CT molecular complexity index is 1240. The Kier molecular flexibility index (Phi) is 8.01. The number of aryl methyl sites for hydroxylation is 3. The summed E-state index contributed by atoms with van der Waals surface area (Å²) in [6.45, 7) is 6.26. The molecule has 1 heterocycles. The number of nitrogens with one attached hydrogen (secondary N) is 1. The van der Waals surface area contributed by atoms with Crippen molar-refractivity contribution in [2.24, 2.45) is 0 Å². The van der Waals surface area contributed by atoms with E-state index in [1.807, 2.05) is 42.5 Å². The van der Waals surface area contributed by atoms with Crippen LogP contribution in [0.15, 0.2) is 71.2 Å². The van der Waals surface area contributed by atoms with Gasteiger partial charge in [0, 0.05) is 29.5 Å². The van der Waals surface area contributed by atoms with Crippen LogP contribution in [0.5, 0.6) is 5.75 Å². The Hall–Kier alpha value is -3.12. The topological polar surface area (TPSA) is 56.1 Å². The van der Waals surface area contributed by atoms with Crippen LogP contribution in [0.4, 0.5) is 0 Å². The summed E-state index contributed by atoms with van der Waals surface area (Å²) >= 11 is 3.40. The van der Waals surface area contributed by atoms with Gasteiger partial charge < -0.3 is 14.6 Å². The lowest BCUT2D eigenvalue weighted by Gasteiger charge is -2.13. The highest BCUT2D eigenvalue weighted by atomic mass is 79.9. The van der Waals surface area contributed by atoms with E-state index in [-0.39, 0.29) is 5.91 Å². The summed E-state index contributed by atoms with van der Waals surface area (Å²) in [5.74, 6) is 1.92. The molecule has 0 aliphatic heterocycles. The van der Waals surface area contributed by atoms with Gasteiger partial charge in [-0.3, -0.25) is 4.79 Å². The molecule has 0 bridgehead atoms. The molecule has 0 saturated carbocycles. The lowest BCUT2D eigenvalue weighted by atomic mass is 10.1. The number of halogens is 1. The molecule has 4 rings (SSSR count). The van der Waals surface area contributed by atoms with Gasteiger partial charge >= 0.3 is 0 Å². The third-order valence-corrected chi connectivity index (χ3v) is 6.43. The molecule has 0 aliphatic rings. The number of imidazole rings is 1. The van der Waals surface area contributed by atoms with Crippen LogP contribution in [0.25, 0.3) is 11.0 Å². The number of fused-ring (bicyclic) bond motifs is 1. The molecule has 0 fully saturated rings. The smallest absolute Gasteiger partial charge is 0.251 e. The van der Waals surface area contributed by atoms with Crippen LogP contribution in [-0.2, 0) is 13.0 Å². The monoisotopic (exact) mass is 519 g/mol. The molecule has 6 heteroatoms. The van der Waals surface area contributed by atoms with E-state index in [2.05, 4.69) is 63.9 Å². The Labute approximate surface area is 209 Å². The molecule has 1 aromatic heterocycles. The molecule has 1 N–H and O–H groups in total. The van der Waals surface area contributed by atoms with Crippen LogP contribution >= 0.6 is 15.9 Å². The molecule has 34 heavy (non-hydrogen) atoms. The number of carbonyl (C=O) groups is 1. The van der Waals surface area contributed by atoms with E-state index in [0.29, 0.717) is 25.1 Å². The van der Waals surface area contributed by atoms with Crippen LogP contribution in [0, 0.1) is 13.8 Å². The SMILES string of the molecule is Cc1cccc(C)c1OCCCCn1c(CCNC(=O)c2ccc(Br)cc2)nc2ccccc21. The average molecular weight is 520 g/mol. The minimum Gasteiger partial charge on any atom is -0.493 e. The van der Waals surface area contributed by atoms with Crippen LogP contribution in [0.3, 0.4) is 0 Å². The van der Waals surface area contributed by atoms with Gasteiger partial charge in [-0.15, -0.1) is 0 Å². The van der Waals surface area contributed by atoms with Crippen molar-refractivity contribution in [3.8, 4) is 5.75 Å². The van der Waals surface area contributed by atoms with Crippen molar-refractivity contribution < 1.29 is 9.53 Å². The van der Waals surface area contributed by atoms with Gasteiger partial charge in [0.15, 0.2) is 0 Å². The van der Waals surface area contributed by atoms with E-state index < -0.39 is 0 Å². The van der Waals surface area contributed by atoms with Crippen molar-refractivity contribution in [1.29, 1.82) is 0 Å². The zero-order chi connectivity index (χ0) is 23.9. The number of benzene rings is 3. The summed E-state index contributed by atoms with van der Waals surface area (Å²) in [5, 5.41) is 3.02. The van der Waals surface area contributed by atoms with Gasteiger partial charge in [-0.2, -0.15) is 0 Å². The van der Waals surface area contributed by atoms with E-state index >= 15 is 0 Å². The number of rotatable bonds is 10. The first kappa shape index (κ1) is 24.0. The fourth-order valence-electron chi connectivity index (χ4n) is 4.13. The standard InChI is InChI=1S/C28H30BrN3O2/c1-20-8-7-9-21(2)27(20)34-19-6-5-18-32-25-11-4-3-10-24(25)31-26(32)16-17-30-28(33)22-12-14-23(29)15-13-22/h3-4,7-15H,5-6,16-19H2,1-2H3,(H,30,33). The quantitative estimate of drug-likeness (QED) is 0.252. The second-order valence-electron chi connectivity index (χ2n) is 8.46. The molecule has 5 nitrogen and oxygen atoms in total. The van der Waals surface area contributed by atoms with Gasteiger partial charge in [0.2, 0.25) is 0 Å². The Morgan fingerprint density at radius 3 is 2.47 bits per heavy atom. The van der Waals surface area contributed by atoms with Gasteiger partial charge in [-0.05, 0) is 74.2 Å². The molecule has 0 aliphatic carbocycles. The molecule has 3 aromatic carbocycles. The summed E-state index contributed by atoms with van der Waals surface area (Å²) in [4.78, 5) is 17.3. The summed E-state index contributed by atoms with van der Waals surface area (Å²) < 4.78 is 9.30. The lowest BCUT2D eigenvalue weighted by molar-refractivity contribution is 0.0954. The van der Waals surface area contributed by atoms with Gasteiger partial charge in [0.1, 0.15) is 11.6 Å². The molecule has 0 unspecified atom stereocenters. The van der Waals surface area contributed by atoms with E-state index in [0.717, 1.165) is 46.5 Å². The fourth-order valence-corrected chi connectivity index (χ4v) is 4.39. The molecular formula is C28H30BrN3O2. The predicted molar refractivity (Wildman–Crippen MR) is 141 cm³/mol. The molecule has 0 radical (unpaired) electrons. The molecule has 4 aromatic rings. The van der Waals surface area contributed by atoms with Crippen LogP contribution in [0.2, 0.25) is 0 Å². The van der Waals surface area contributed by atoms with Gasteiger partial charge in [0.25, 0.3) is 5.91 Å². The van der Waals surface area contributed by atoms with Crippen LogP contribution < -0.4 is 10.1 Å². The maximum atomic E-state index is 12.4. The molecule has 1 amide bonds. The first-order valence-electron chi connectivity index (χ1n) is 11.7. The summed E-state index contributed by atoms with van der Waals surface area (Å²) in [6.07, 6.45) is 2.62. The third kappa shape index (κ3) is 5.86. The van der Waals surface area contributed by atoms with Crippen molar-refractivity contribution >= 4 is 32.9 Å². The number of para-hydroxylation sites is 3. The molecule has 176 valence electrons. The summed E-state index contributed by atoms with van der Waals surface area (Å²) in [6, 6.07) is 21.8. The van der Waals surface area contributed by atoms with Gasteiger partial charge in [-0.1, -0.05) is 46.3 Å². The van der Waals surface area contributed by atoms with Crippen molar-refractivity contribution in [3.63, 3.8) is 0 Å². The Morgan fingerprint density at radius 2 is 1.71 bits per heavy atom. The van der Waals surface area contributed by atoms with Crippen molar-refractivity contribution in [3.05, 3.63) is 93.7 Å². The predicted octanol–water partition coefficient (Wildman–Crippen LogP) is 6.25. The number of aromatic nitrogens is 2. The third-order valence-electron chi connectivity index (χ3n) is 5.91. The van der Waals surface area contributed by atoms with E-state index in [9.17, 15) is 4.79 Å². The lowest BCUT2D eigenvalue weighted by Crippen LogP contribution is -2.26. The maximum Gasteiger partial charge on any atom is 0.251 e. The minimum atomic E-state index is -0.0705. The molecule has 0 saturated heterocycles. The highest BCUT2D eigenvalue weighted by molar-refractivity contribution is 9.10. The zero-order valence-corrected chi connectivity index (χ0v) is 21.3. The first-order valence-corrected chi connectivity index (χ1v) is 12.5. The highest BCUT2D eigenvalue weighted by Gasteiger charge is 2.12. The fraction of sp³-hybridized carbons (Fsp3) is 0.286. The van der Waals surface area contributed by atoms with Crippen LogP contribution in [-0.4, -0.2) is 28.6 Å². The molecule has 0 spiro atoms. The number of amides is 1. The van der Waals surface area contributed by atoms with Crippen molar-refractivity contribution in [1.82, 2.24) is 14.9 Å². The zero-order valence-electron chi connectivity index (χ0n) is 19.7. The normalized spacial score (nSPS) is 11.0. The van der Waals surface area contributed by atoms with Gasteiger partial charge in [-0.25, -0.2) is 4.98 Å². The molecule has 0 atom stereocenters. The van der Waals surface area contributed by atoms with E-state index in [1.54, 1.807) is 0 Å². The Balaban J connectivity index is 1.34. The van der Waals surface area contributed by atoms with Crippen LogP contribution in [0.1, 0.15) is 40.2 Å². The second kappa shape index (κ2) is 11.3. The second-order valence-corrected chi connectivity index (χ2v) is 9.37. The van der Waals surface area contributed by atoms with Crippen molar-refractivity contribution in [2.75, 3.05) is 13.2 Å². The van der Waals surface area contributed by atoms with E-state index in [1.165, 1.54) is 11.1 Å². The van der Waals surface area contributed by atoms with E-state index in [4.69, 9.17) is 9.72 Å². The number of ether oxygens (including phenoxy) is 1. The maximum absolute atomic E-state index is 12.4. The number of unbranched alkanes of at least 4 members (excludes halogenated alkanes) is 1. The first-order chi connectivity index (χ1) is 16.5. The minimum absolute atomic E-state index is 0.0705. The molecular weight excluding hydrogens is 490 g/mol. The summed E-state index contributed by atoms with van der Waals surface area (Å²) in [7, 11) is 0. The number of hydrogen-bond donors (Lipinski definition) is 1. The Morgan fingerprint density at radius 1 is 0.971 bits per heavy atom. The number of nitrogens with zero attached hydrogens (tertiary/aromatic N) is 2. The number of carbonyl (C=O) groups excluding carboxylic acids is 1. The largest absolute Gasteiger partial charge is 0.493 e. The highest BCUT2D eigenvalue weighted by Crippen LogP contribution is 2.23. The summed E-state index contributed by atoms with van der Waals surface area (Å²) in [5.41, 5.74) is 5.12. The van der Waals surface area contributed by atoms with Gasteiger partial charge in [0.05, 0.1) is 17.6 Å². The number of hydrogen-bond acceptors (Lipinski definition) is 3. The average Bonchev–Trinajstić information content (AvgIpc) is 3.18. The van der Waals surface area contributed by atoms with Crippen molar-refractivity contribution in [2.45, 2.75) is 39.7 Å².